The second-order valence-corrected chi connectivity index (χ2v) is 3.16. The quantitative estimate of drug-likeness (QED) is 0.641. The van der Waals surface area contributed by atoms with E-state index in [0.717, 1.165) is 0 Å². The highest BCUT2D eigenvalue weighted by Crippen LogP contribution is 2.18. The molecule has 0 saturated heterocycles. The van der Waals surface area contributed by atoms with E-state index in [9.17, 15) is 9.90 Å². The number of aliphatic hydroxyl groups is 2. The number of primary amides is 1. The highest BCUT2D eigenvalue weighted by Gasteiger charge is 2.23. The van der Waals surface area contributed by atoms with E-state index in [1.54, 1.807) is 0 Å². The van der Waals surface area contributed by atoms with Gasteiger partial charge in [-0.1, -0.05) is 11.6 Å². The summed E-state index contributed by atoms with van der Waals surface area (Å²) in [4.78, 5) is 14.2. The SMILES string of the molecule is NC(=O)C(O)C(O)c1cncc(Cl)c1. The van der Waals surface area contributed by atoms with Crippen molar-refractivity contribution in [1.29, 1.82) is 0 Å². The predicted molar refractivity (Wildman–Crippen MR) is 49.4 cm³/mol. The highest BCUT2D eigenvalue weighted by molar-refractivity contribution is 6.30. The summed E-state index contributed by atoms with van der Waals surface area (Å²) < 4.78 is 0. The van der Waals surface area contributed by atoms with Gasteiger partial charge in [-0.25, -0.2) is 0 Å². The molecule has 14 heavy (non-hydrogen) atoms. The third-order valence-corrected chi connectivity index (χ3v) is 1.86. The second-order valence-electron chi connectivity index (χ2n) is 2.73. The summed E-state index contributed by atoms with van der Waals surface area (Å²) in [5, 5.41) is 18.9. The van der Waals surface area contributed by atoms with E-state index in [2.05, 4.69) is 4.98 Å². The van der Waals surface area contributed by atoms with Crippen molar-refractivity contribution < 1.29 is 15.0 Å². The Hall–Kier alpha value is -1.17. The van der Waals surface area contributed by atoms with Crippen LogP contribution in [-0.4, -0.2) is 27.2 Å². The Balaban J connectivity index is 2.89. The molecule has 1 heterocycles. The van der Waals surface area contributed by atoms with Crippen molar-refractivity contribution in [2.75, 3.05) is 0 Å². The van der Waals surface area contributed by atoms with Crippen LogP contribution in [0.3, 0.4) is 0 Å². The maximum absolute atomic E-state index is 10.6. The molecule has 5 nitrogen and oxygen atoms in total. The van der Waals surface area contributed by atoms with Crippen LogP contribution in [0.15, 0.2) is 18.5 Å². The zero-order valence-corrected chi connectivity index (χ0v) is 7.85. The topological polar surface area (TPSA) is 96.4 Å². The normalized spacial score (nSPS) is 14.8. The van der Waals surface area contributed by atoms with E-state index in [4.69, 9.17) is 22.4 Å². The van der Waals surface area contributed by atoms with E-state index >= 15 is 0 Å². The van der Waals surface area contributed by atoms with Crippen molar-refractivity contribution in [3.63, 3.8) is 0 Å². The van der Waals surface area contributed by atoms with Gasteiger partial charge >= 0.3 is 0 Å². The van der Waals surface area contributed by atoms with Crippen molar-refractivity contribution in [3.8, 4) is 0 Å². The minimum Gasteiger partial charge on any atom is -0.385 e. The molecule has 76 valence electrons. The van der Waals surface area contributed by atoms with Gasteiger partial charge in [-0.05, 0) is 6.07 Å². The van der Waals surface area contributed by atoms with Crippen molar-refractivity contribution in [2.24, 2.45) is 5.73 Å². The first-order valence-corrected chi connectivity index (χ1v) is 4.16. The first kappa shape index (κ1) is 10.9. The van der Waals surface area contributed by atoms with Crippen LogP contribution in [0.2, 0.25) is 5.02 Å². The van der Waals surface area contributed by atoms with E-state index in [-0.39, 0.29) is 5.56 Å². The lowest BCUT2D eigenvalue weighted by atomic mass is 10.1. The number of hydrogen-bond acceptors (Lipinski definition) is 4. The number of amides is 1. The molecule has 4 N–H and O–H groups in total. The number of aromatic nitrogens is 1. The molecule has 0 spiro atoms. The van der Waals surface area contributed by atoms with Crippen LogP contribution >= 0.6 is 11.6 Å². The summed E-state index contributed by atoms with van der Waals surface area (Å²) in [6.45, 7) is 0. The fourth-order valence-electron chi connectivity index (χ4n) is 0.928. The summed E-state index contributed by atoms with van der Waals surface area (Å²) >= 11 is 5.60. The lowest BCUT2D eigenvalue weighted by molar-refractivity contribution is -0.131. The number of carbonyl (C=O) groups excluding carboxylic acids is 1. The molecule has 6 heteroatoms. The number of hydrogen-bond donors (Lipinski definition) is 3. The zero-order chi connectivity index (χ0) is 10.7. The Morgan fingerprint density at radius 2 is 2.14 bits per heavy atom. The van der Waals surface area contributed by atoms with Crippen LogP contribution in [0.25, 0.3) is 0 Å². The molecule has 0 saturated carbocycles. The van der Waals surface area contributed by atoms with Gasteiger partial charge in [-0.3, -0.25) is 9.78 Å². The van der Waals surface area contributed by atoms with Crippen LogP contribution in [0.4, 0.5) is 0 Å². The molecular formula is C8H9ClN2O3. The summed E-state index contributed by atoms with van der Waals surface area (Å²) in [5.41, 5.74) is 5.05. The van der Waals surface area contributed by atoms with Crippen molar-refractivity contribution >= 4 is 17.5 Å². The van der Waals surface area contributed by atoms with E-state index in [1.807, 2.05) is 0 Å². The van der Waals surface area contributed by atoms with Crippen LogP contribution in [0.5, 0.6) is 0 Å². The number of aliphatic hydroxyl groups excluding tert-OH is 2. The molecule has 0 aliphatic rings. The maximum Gasteiger partial charge on any atom is 0.249 e. The minimum absolute atomic E-state index is 0.240. The molecular weight excluding hydrogens is 208 g/mol. The molecule has 0 aliphatic heterocycles. The number of nitrogens with zero attached hydrogens (tertiary/aromatic N) is 1. The van der Waals surface area contributed by atoms with Gasteiger partial charge in [0.1, 0.15) is 6.10 Å². The zero-order valence-electron chi connectivity index (χ0n) is 7.09. The predicted octanol–water partition coefficient (Wildman–Crippen LogP) is -0.385. The first-order chi connectivity index (χ1) is 6.52. The molecule has 0 fully saturated rings. The molecule has 1 rings (SSSR count). The Bertz CT molecular complexity index is 345. The summed E-state index contributed by atoms with van der Waals surface area (Å²) in [6, 6.07) is 1.39. The smallest absolute Gasteiger partial charge is 0.249 e. The average Bonchev–Trinajstić information content (AvgIpc) is 2.15. The Kier molecular flexibility index (Phi) is 3.40. The van der Waals surface area contributed by atoms with Crippen molar-refractivity contribution in [3.05, 3.63) is 29.0 Å². The summed E-state index contributed by atoms with van der Waals surface area (Å²) in [7, 11) is 0. The van der Waals surface area contributed by atoms with Gasteiger partial charge in [0, 0.05) is 18.0 Å². The summed E-state index contributed by atoms with van der Waals surface area (Å²) in [5.74, 6) is -1.00. The van der Waals surface area contributed by atoms with Gasteiger partial charge < -0.3 is 15.9 Å². The second kappa shape index (κ2) is 4.36. The number of halogens is 1. The Labute approximate surface area is 85.1 Å². The van der Waals surface area contributed by atoms with Crippen molar-refractivity contribution in [2.45, 2.75) is 12.2 Å². The van der Waals surface area contributed by atoms with Gasteiger partial charge in [0.05, 0.1) is 5.02 Å². The first-order valence-electron chi connectivity index (χ1n) is 3.78. The van der Waals surface area contributed by atoms with Crippen LogP contribution in [0.1, 0.15) is 11.7 Å². The molecule has 2 unspecified atom stereocenters. The van der Waals surface area contributed by atoms with E-state index in [1.165, 1.54) is 18.5 Å². The molecule has 1 aromatic heterocycles. The van der Waals surface area contributed by atoms with Crippen LogP contribution in [-0.2, 0) is 4.79 Å². The standard InChI is InChI=1S/C8H9ClN2O3/c9-5-1-4(2-11-3-5)6(12)7(13)8(10)14/h1-3,6-7,12-13H,(H2,10,14). The van der Waals surface area contributed by atoms with Gasteiger partial charge in [0.15, 0.2) is 6.10 Å². The highest BCUT2D eigenvalue weighted by atomic mass is 35.5. The molecule has 0 radical (unpaired) electrons. The fraction of sp³-hybridized carbons (Fsp3) is 0.250. The van der Waals surface area contributed by atoms with Crippen molar-refractivity contribution in [1.82, 2.24) is 4.98 Å². The van der Waals surface area contributed by atoms with Gasteiger partial charge in [0.2, 0.25) is 5.91 Å². The van der Waals surface area contributed by atoms with Crippen LogP contribution < -0.4 is 5.73 Å². The Morgan fingerprint density at radius 3 is 2.64 bits per heavy atom. The van der Waals surface area contributed by atoms with E-state index in [0.29, 0.717) is 5.02 Å². The minimum atomic E-state index is -1.66. The molecule has 1 aromatic rings. The van der Waals surface area contributed by atoms with E-state index < -0.39 is 18.1 Å². The number of pyridine rings is 1. The van der Waals surface area contributed by atoms with Gasteiger partial charge in [-0.15, -0.1) is 0 Å². The number of rotatable bonds is 3. The molecule has 2 atom stereocenters. The van der Waals surface area contributed by atoms with Crippen LogP contribution in [0, 0.1) is 0 Å². The Morgan fingerprint density at radius 1 is 1.50 bits per heavy atom. The van der Waals surface area contributed by atoms with Gasteiger partial charge in [0.25, 0.3) is 0 Å². The lowest BCUT2D eigenvalue weighted by Crippen LogP contribution is -2.33. The molecule has 0 aliphatic carbocycles. The average molecular weight is 217 g/mol. The molecule has 1 amide bonds. The number of carbonyl (C=O) groups is 1. The number of nitrogens with two attached hydrogens (primary N) is 1. The monoisotopic (exact) mass is 216 g/mol. The fourth-order valence-corrected chi connectivity index (χ4v) is 1.11. The maximum atomic E-state index is 10.6. The largest absolute Gasteiger partial charge is 0.385 e. The lowest BCUT2D eigenvalue weighted by Gasteiger charge is -2.14. The van der Waals surface area contributed by atoms with Gasteiger partial charge in [-0.2, -0.15) is 0 Å². The third-order valence-electron chi connectivity index (χ3n) is 1.66. The summed E-state index contributed by atoms with van der Waals surface area (Å²) in [6.07, 6.45) is -0.397. The molecule has 0 aromatic carbocycles. The third kappa shape index (κ3) is 2.41. The molecule has 0 bridgehead atoms.